The molecule has 0 saturated carbocycles. The lowest BCUT2D eigenvalue weighted by molar-refractivity contribution is 0.0810. The van der Waals surface area contributed by atoms with Gasteiger partial charge in [-0.25, -0.2) is 0 Å². The SMILES string of the molecule is COC(C)C(C)NCC(O)c1ccc(Cl)s1. The second-order valence-corrected chi connectivity index (χ2v) is 5.54. The molecule has 3 unspecified atom stereocenters. The van der Waals surface area contributed by atoms with Gasteiger partial charge in [0.25, 0.3) is 0 Å². The van der Waals surface area contributed by atoms with E-state index in [1.165, 1.54) is 11.3 Å². The molecule has 0 fully saturated rings. The molecule has 0 bridgehead atoms. The fourth-order valence-corrected chi connectivity index (χ4v) is 2.32. The lowest BCUT2D eigenvalue weighted by Gasteiger charge is -2.21. The third-order valence-electron chi connectivity index (χ3n) is 2.63. The summed E-state index contributed by atoms with van der Waals surface area (Å²) in [6.07, 6.45) is -0.386. The van der Waals surface area contributed by atoms with Gasteiger partial charge in [-0.3, -0.25) is 0 Å². The van der Waals surface area contributed by atoms with Crippen molar-refractivity contribution in [2.45, 2.75) is 32.1 Å². The van der Waals surface area contributed by atoms with Crippen LogP contribution >= 0.6 is 22.9 Å². The van der Waals surface area contributed by atoms with Crippen molar-refractivity contribution in [3.63, 3.8) is 0 Å². The van der Waals surface area contributed by atoms with Crippen molar-refractivity contribution >= 4 is 22.9 Å². The molecule has 92 valence electrons. The summed E-state index contributed by atoms with van der Waals surface area (Å²) >= 11 is 7.21. The topological polar surface area (TPSA) is 41.5 Å². The summed E-state index contributed by atoms with van der Waals surface area (Å²) in [4.78, 5) is 0.884. The molecular weight excluding hydrogens is 246 g/mol. The first-order valence-corrected chi connectivity index (χ1v) is 6.43. The second-order valence-electron chi connectivity index (χ2n) is 3.80. The predicted octanol–water partition coefficient (Wildman–Crippen LogP) is 2.45. The number of ether oxygens (including phenoxy) is 1. The van der Waals surface area contributed by atoms with E-state index in [1.54, 1.807) is 13.2 Å². The minimum Gasteiger partial charge on any atom is -0.386 e. The van der Waals surface area contributed by atoms with Crippen molar-refractivity contribution in [1.82, 2.24) is 5.32 Å². The number of hydrogen-bond donors (Lipinski definition) is 2. The van der Waals surface area contributed by atoms with E-state index in [-0.39, 0.29) is 12.1 Å². The molecule has 3 nitrogen and oxygen atoms in total. The summed E-state index contributed by atoms with van der Waals surface area (Å²) in [7, 11) is 1.68. The molecule has 0 saturated heterocycles. The zero-order valence-corrected chi connectivity index (χ0v) is 11.3. The van der Waals surface area contributed by atoms with Crippen LogP contribution in [0.3, 0.4) is 0 Å². The molecule has 16 heavy (non-hydrogen) atoms. The quantitative estimate of drug-likeness (QED) is 0.828. The van der Waals surface area contributed by atoms with Gasteiger partial charge in [0.15, 0.2) is 0 Å². The Morgan fingerprint density at radius 2 is 2.19 bits per heavy atom. The van der Waals surface area contributed by atoms with E-state index in [1.807, 2.05) is 19.9 Å². The molecule has 0 aliphatic heterocycles. The smallest absolute Gasteiger partial charge is 0.101 e. The van der Waals surface area contributed by atoms with Crippen molar-refractivity contribution in [3.05, 3.63) is 21.3 Å². The Hall–Kier alpha value is -0.130. The van der Waals surface area contributed by atoms with Gasteiger partial charge in [0, 0.05) is 24.6 Å². The molecule has 1 heterocycles. The van der Waals surface area contributed by atoms with E-state index in [0.717, 1.165) is 4.88 Å². The van der Waals surface area contributed by atoms with E-state index in [4.69, 9.17) is 16.3 Å². The fourth-order valence-electron chi connectivity index (χ4n) is 1.28. The molecule has 1 rings (SSSR count). The molecule has 0 radical (unpaired) electrons. The zero-order valence-electron chi connectivity index (χ0n) is 9.74. The average molecular weight is 264 g/mol. The summed E-state index contributed by atoms with van der Waals surface area (Å²) in [5, 5.41) is 13.1. The van der Waals surface area contributed by atoms with Crippen molar-refractivity contribution < 1.29 is 9.84 Å². The van der Waals surface area contributed by atoms with Gasteiger partial charge in [-0.15, -0.1) is 11.3 Å². The summed E-state index contributed by atoms with van der Waals surface area (Å²) in [5.41, 5.74) is 0. The summed E-state index contributed by atoms with van der Waals surface area (Å²) in [5.74, 6) is 0. The number of nitrogens with one attached hydrogen (secondary N) is 1. The summed E-state index contributed by atoms with van der Waals surface area (Å²) in [6.45, 7) is 4.53. The first-order chi connectivity index (χ1) is 7.54. The van der Waals surface area contributed by atoms with Crippen LogP contribution in [-0.2, 0) is 4.74 Å². The van der Waals surface area contributed by atoms with Crippen molar-refractivity contribution in [1.29, 1.82) is 0 Å². The molecule has 0 spiro atoms. The van der Waals surface area contributed by atoms with E-state index >= 15 is 0 Å². The molecule has 1 aromatic rings. The molecular formula is C11H18ClNO2S. The number of methoxy groups -OCH3 is 1. The van der Waals surface area contributed by atoms with Crippen LogP contribution in [0.25, 0.3) is 0 Å². The highest BCUT2D eigenvalue weighted by Crippen LogP contribution is 2.26. The van der Waals surface area contributed by atoms with Gasteiger partial charge < -0.3 is 15.2 Å². The Kier molecular flexibility index (Phi) is 5.72. The average Bonchev–Trinajstić information content (AvgIpc) is 2.71. The number of hydrogen-bond acceptors (Lipinski definition) is 4. The number of aliphatic hydroxyl groups excluding tert-OH is 1. The summed E-state index contributed by atoms with van der Waals surface area (Å²) < 4.78 is 5.89. The lowest BCUT2D eigenvalue weighted by atomic mass is 10.2. The maximum absolute atomic E-state index is 9.89. The molecule has 0 aliphatic carbocycles. The van der Waals surface area contributed by atoms with Gasteiger partial charge in [-0.05, 0) is 26.0 Å². The van der Waals surface area contributed by atoms with Crippen LogP contribution in [0.15, 0.2) is 12.1 Å². The van der Waals surface area contributed by atoms with Crippen LogP contribution in [0.4, 0.5) is 0 Å². The van der Waals surface area contributed by atoms with Crippen molar-refractivity contribution in [2.24, 2.45) is 0 Å². The number of halogens is 1. The van der Waals surface area contributed by atoms with E-state index in [9.17, 15) is 5.11 Å². The predicted molar refractivity (Wildman–Crippen MR) is 68.2 cm³/mol. The Labute approximate surface area is 105 Å². The highest BCUT2D eigenvalue weighted by atomic mass is 35.5. The van der Waals surface area contributed by atoms with Crippen molar-refractivity contribution in [3.8, 4) is 0 Å². The van der Waals surface area contributed by atoms with Gasteiger partial charge in [-0.2, -0.15) is 0 Å². The van der Waals surface area contributed by atoms with Gasteiger partial charge >= 0.3 is 0 Å². The second kappa shape index (κ2) is 6.57. The standard InChI is InChI=1S/C11H18ClNO2S/c1-7(8(2)15-3)13-6-9(14)10-4-5-11(12)16-10/h4-5,7-9,13-14H,6H2,1-3H3. The van der Waals surface area contributed by atoms with Crippen molar-refractivity contribution in [2.75, 3.05) is 13.7 Å². The molecule has 0 aliphatic rings. The fraction of sp³-hybridized carbons (Fsp3) is 0.636. The maximum Gasteiger partial charge on any atom is 0.101 e. The first-order valence-electron chi connectivity index (χ1n) is 5.24. The van der Waals surface area contributed by atoms with E-state index < -0.39 is 6.10 Å². The molecule has 1 aromatic heterocycles. The highest BCUT2D eigenvalue weighted by molar-refractivity contribution is 7.16. The minimum absolute atomic E-state index is 0.124. The first kappa shape index (κ1) is 13.9. The Morgan fingerprint density at radius 1 is 1.50 bits per heavy atom. The number of aliphatic hydroxyl groups is 1. The highest BCUT2D eigenvalue weighted by Gasteiger charge is 2.14. The number of thiophene rings is 1. The zero-order chi connectivity index (χ0) is 12.1. The van der Waals surface area contributed by atoms with Crippen LogP contribution < -0.4 is 5.32 Å². The Bertz CT molecular complexity index is 319. The molecule has 0 amide bonds. The third-order valence-corrected chi connectivity index (χ3v) is 3.96. The maximum atomic E-state index is 9.89. The largest absolute Gasteiger partial charge is 0.386 e. The number of rotatable bonds is 6. The van der Waals surface area contributed by atoms with Crippen LogP contribution in [-0.4, -0.2) is 30.9 Å². The van der Waals surface area contributed by atoms with Crippen LogP contribution in [0.1, 0.15) is 24.8 Å². The van der Waals surface area contributed by atoms with Crippen LogP contribution in [0.5, 0.6) is 0 Å². The van der Waals surface area contributed by atoms with E-state index in [0.29, 0.717) is 10.9 Å². The normalized spacial score (nSPS) is 17.1. The third kappa shape index (κ3) is 4.03. The lowest BCUT2D eigenvalue weighted by Crippen LogP contribution is -2.38. The van der Waals surface area contributed by atoms with Gasteiger partial charge in [0.05, 0.1) is 10.4 Å². The molecule has 0 aromatic carbocycles. The van der Waals surface area contributed by atoms with Gasteiger partial charge in [-0.1, -0.05) is 11.6 Å². The van der Waals surface area contributed by atoms with E-state index in [2.05, 4.69) is 5.32 Å². The Morgan fingerprint density at radius 3 is 2.69 bits per heavy atom. The van der Waals surface area contributed by atoms with Crippen LogP contribution in [0.2, 0.25) is 4.34 Å². The Balaban J connectivity index is 2.38. The monoisotopic (exact) mass is 263 g/mol. The van der Waals surface area contributed by atoms with Gasteiger partial charge in [0.2, 0.25) is 0 Å². The summed E-state index contributed by atoms with van der Waals surface area (Å²) in [6, 6.07) is 3.85. The molecule has 2 N–H and O–H groups in total. The van der Waals surface area contributed by atoms with Gasteiger partial charge in [0.1, 0.15) is 6.10 Å². The van der Waals surface area contributed by atoms with Crippen LogP contribution in [0, 0.1) is 0 Å². The minimum atomic E-state index is -0.510. The molecule has 5 heteroatoms. The molecule has 3 atom stereocenters.